The van der Waals surface area contributed by atoms with Crippen LogP contribution < -0.4 is 4.72 Å². The van der Waals surface area contributed by atoms with Gasteiger partial charge < -0.3 is 4.90 Å². The highest BCUT2D eigenvalue weighted by Gasteiger charge is 2.34. The number of hydrogen-bond acceptors (Lipinski definition) is 4. The predicted molar refractivity (Wildman–Crippen MR) is 115 cm³/mol. The zero-order valence-corrected chi connectivity index (χ0v) is 18.7. The molecule has 6 nitrogen and oxygen atoms in total. The maximum atomic E-state index is 13.3. The van der Waals surface area contributed by atoms with E-state index in [-0.39, 0.29) is 16.7 Å². The van der Waals surface area contributed by atoms with Crippen LogP contribution in [0, 0.1) is 12.8 Å². The molecule has 29 heavy (non-hydrogen) atoms. The molecule has 0 saturated carbocycles. The van der Waals surface area contributed by atoms with Crippen LogP contribution in [0.1, 0.15) is 51.5 Å². The van der Waals surface area contributed by atoms with Crippen molar-refractivity contribution in [2.24, 2.45) is 5.92 Å². The van der Waals surface area contributed by atoms with Crippen molar-refractivity contribution in [1.82, 2.24) is 14.5 Å². The monoisotopic (exact) mass is 421 g/mol. The first kappa shape index (κ1) is 22.2. The van der Waals surface area contributed by atoms with Gasteiger partial charge in [-0.25, -0.2) is 8.42 Å². The normalized spacial score (nSPS) is 22.2. The minimum absolute atomic E-state index is 0.0849. The summed E-state index contributed by atoms with van der Waals surface area (Å²) in [6.07, 6.45) is 5.06. The summed E-state index contributed by atoms with van der Waals surface area (Å²) in [5, 5.41) is 0. The fraction of sp³-hybridized carbons (Fsp3) is 0.682. The maximum absolute atomic E-state index is 13.3. The molecule has 162 valence electrons. The first-order valence-electron chi connectivity index (χ1n) is 10.9. The van der Waals surface area contributed by atoms with E-state index in [1.807, 2.05) is 25.7 Å². The second-order valence-corrected chi connectivity index (χ2v) is 10.7. The number of hydrogen-bond donors (Lipinski definition) is 1. The molecule has 2 unspecified atom stereocenters. The third-order valence-corrected chi connectivity index (χ3v) is 7.49. The number of nitrogens with zero attached hydrogens (tertiary/aromatic N) is 2. The van der Waals surface area contributed by atoms with Crippen molar-refractivity contribution in [2.45, 2.75) is 69.9 Å². The first-order chi connectivity index (χ1) is 13.8. The summed E-state index contributed by atoms with van der Waals surface area (Å²) >= 11 is 0. The first-order valence-corrected chi connectivity index (χ1v) is 12.4. The Morgan fingerprint density at radius 2 is 1.76 bits per heavy atom. The Labute approximate surface area is 175 Å². The quantitative estimate of drug-likeness (QED) is 0.735. The number of carbonyl (C=O) groups excluding carboxylic acids is 1. The van der Waals surface area contributed by atoms with Crippen LogP contribution in [0.15, 0.2) is 29.2 Å². The van der Waals surface area contributed by atoms with Crippen LogP contribution in [0.2, 0.25) is 0 Å². The van der Waals surface area contributed by atoms with E-state index >= 15 is 0 Å². The molecule has 2 aliphatic rings. The molecule has 2 saturated heterocycles. The highest BCUT2D eigenvalue weighted by Crippen LogP contribution is 2.22. The Morgan fingerprint density at radius 3 is 2.38 bits per heavy atom. The molecule has 3 rings (SSSR count). The number of carbonyl (C=O) groups is 1. The fourth-order valence-electron chi connectivity index (χ4n) is 4.42. The van der Waals surface area contributed by atoms with Crippen LogP contribution in [-0.4, -0.2) is 62.4 Å². The van der Waals surface area contributed by atoms with Gasteiger partial charge in [-0.3, -0.25) is 9.69 Å². The lowest BCUT2D eigenvalue weighted by Crippen LogP contribution is -2.55. The summed E-state index contributed by atoms with van der Waals surface area (Å²) in [6.45, 7) is 9.60. The van der Waals surface area contributed by atoms with Gasteiger partial charge in [-0.1, -0.05) is 31.5 Å². The number of sulfonamides is 1. The van der Waals surface area contributed by atoms with Crippen LogP contribution in [0.25, 0.3) is 0 Å². The lowest BCUT2D eigenvalue weighted by Gasteiger charge is -2.39. The van der Waals surface area contributed by atoms with Gasteiger partial charge in [0.15, 0.2) is 0 Å². The van der Waals surface area contributed by atoms with Gasteiger partial charge in [-0.2, -0.15) is 4.72 Å². The minimum atomic E-state index is -3.74. The molecule has 1 N–H and O–H groups in total. The zero-order valence-electron chi connectivity index (χ0n) is 17.9. The van der Waals surface area contributed by atoms with Crippen LogP contribution in [0.5, 0.6) is 0 Å². The van der Waals surface area contributed by atoms with Gasteiger partial charge >= 0.3 is 0 Å². The van der Waals surface area contributed by atoms with Gasteiger partial charge in [0.25, 0.3) is 0 Å². The summed E-state index contributed by atoms with van der Waals surface area (Å²) in [7, 11) is -3.74. The number of nitrogens with one attached hydrogen (secondary N) is 1. The molecule has 0 aromatic heterocycles. The third kappa shape index (κ3) is 5.80. The van der Waals surface area contributed by atoms with Crippen LogP contribution >= 0.6 is 0 Å². The Bertz CT molecular complexity index is 786. The lowest BCUT2D eigenvalue weighted by atomic mass is 10.00. The summed E-state index contributed by atoms with van der Waals surface area (Å²) < 4.78 is 28.5. The van der Waals surface area contributed by atoms with Crippen molar-refractivity contribution >= 4 is 15.9 Å². The van der Waals surface area contributed by atoms with E-state index in [1.54, 1.807) is 24.3 Å². The third-order valence-electron chi connectivity index (χ3n) is 6.00. The van der Waals surface area contributed by atoms with Crippen LogP contribution in [0.3, 0.4) is 0 Å². The van der Waals surface area contributed by atoms with Crippen LogP contribution in [-0.2, 0) is 14.8 Å². The molecule has 2 fully saturated rings. The lowest BCUT2D eigenvalue weighted by molar-refractivity contribution is -0.135. The molecule has 0 bridgehead atoms. The molecule has 1 aromatic rings. The maximum Gasteiger partial charge on any atom is 0.241 e. The van der Waals surface area contributed by atoms with Gasteiger partial charge in [0, 0.05) is 19.1 Å². The number of benzene rings is 1. The summed E-state index contributed by atoms with van der Waals surface area (Å²) in [6, 6.07) is 6.43. The van der Waals surface area contributed by atoms with E-state index < -0.39 is 16.1 Å². The molecule has 0 aliphatic carbocycles. The number of aryl methyl sites for hydroxylation is 1. The van der Waals surface area contributed by atoms with E-state index in [9.17, 15) is 13.2 Å². The molecular formula is C22H35N3O3S. The standard InChI is InChI=1S/C22H35N3O3S/c1-17(2)15-21(23-29(27,28)20-10-8-18(3)9-11-20)22(26)25-14-6-7-19(16-25)24-12-4-5-13-24/h8-11,17,19,21,23H,4-7,12-16H2,1-3H3. The average molecular weight is 422 g/mol. The number of rotatable bonds is 7. The second-order valence-electron chi connectivity index (χ2n) is 8.94. The van der Waals surface area contributed by atoms with E-state index in [1.165, 1.54) is 12.8 Å². The Hall–Kier alpha value is -1.44. The number of amides is 1. The van der Waals surface area contributed by atoms with E-state index in [0.717, 1.165) is 31.5 Å². The highest BCUT2D eigenvalue weighted by atomic mass is 32.2. The van der Waals surface area contributed by atoms with Crippen molar-refractivity contribution in [1.29, 1.82) is 0 Å². The van der Waals surface area contributed by atoms with Gasteiger partial charge in [-0.05, 0) is 70.2 Å². The number of piperidine rings is 1. The largest absolute Gasteiger partial charge is 0.340 e. The Morgan fingerprint density at radius 1 is 1.10 bits per heavy atom. The second kappa shape index (κ2) is 9.58. The Kier molecular flexibility index (Phi) is 7.35. The molecule has 2 atom stereocenters. The topological polar surface area (TPSA) is 69.7 Å². The molecule has 1 amide bonds. The van der Waals surface area contributed by atoms with Crippen molar-refractivity contribution in [3.8, 4) is 0 Å². The van der Waals surface area contributed by atoms with E-state index in [4.69, 9.17) is 0 Å². The van der Waals surface area contributed by atoms with E-state index in [2.05, 4.69) is 9.62 Å². The molecule has 2 heterocycles. The summed E-state index contributed by atoms with van der Waals surface area (Å²) in [4.78, 5) is 17.9. The summed E-state index contributed by atoms with van der Waals surface area (Å²) in [5.41, 5.74) is 1.00. The molecular weight excluding hydrogens is 386 g/mol. The molecule has 0 radical (unpaired) electrons. The SMILES string of the molecule is Cc1ccc(S(=O)(=O)NC(CC(C)C)C(=O)N2CCCC(N3CCCC3)C2)cc1. The fourth-order valence-corrected chi connectivity index (χ4v) is 5.63. The molecule has 1 aromatic carbocycles. The van der Waals surface area contributed by atoms with Crippen molar-refractivity contribution in [2.75, 3.05) is 26.2 Å². The van der Waals surface area contributed by atoms with Crippen molar-refractivity contribution in [3.63, 3.8) is 0 Å². The Balaban J connectivity index is 1.73. The van der Waals surface area contributed by atoms with Crippen molar-refractivity contribution < 1.29 is 13.2 Å². The zero-order chi connectivity index (χ0) is 21.0. The van der Waals surface area contributed by atoms with Gasteiger partial charge in [-0.15, -0.1) is 0 Å². The van der Waals surface area contributed by atoms with Gasteiger partial charge in [0.2, 0.25) is 15.9 Å². The molecule has 2 aliphatic heterocycles. The summed E-state index contributed by atoms with van der Waals surface area (Å²) in [5.74, 6) is 0.127. The van der Waals surface area contributed by atoms with Gasteiger partial charge in [0.1, 0.15) is 6.04 Å². The molecule has 7 heteroatoms. The number of likely N-dealkylation sites (tertiary alicyclic amines) is 2. The predicted octanol–water partition coefficient (Wildman–Crippen LogP) is 2.77. The van der Waals surface area contributed by atoms with Crippen molar-refractivity contribution in [3.05, 3.63) is 29.8 Å². The highest BCUT2D eigenvalue weighted by molar-refractivity contribution is 7.89. The average Bonchev–Trinajstić information content (AvgIpc) is 3.22. The minimum Gasteiger partial charge on any atom is -0.340 e. The molecule has 0 spiro atoms. The van der Waals surface area contributed by atoms with E-state index in [0.29, 0.717) is 25.6 Å². The van der Waals surface area contributed by atoms with Gasteiger partial charge in [0.05, 0.1) is 4.90 Å². The van der Waals surface area contributed by atoms with Crippen LogP contribution in [0.4, 0.5) is 0 Å². The smallest absolute Gasteiger partial charge is 0.241 e.